The summed E-state index contributed by atoms with van der Waals surface area (Å²) in [5.41, 5.74) is 1.32. The summed E-state index contributed by atoms with van der Waals surface area (Å²) in [6.07, 6.45) is 3.61. The molecule has 2 heterocycles. The maximum Gasteiger partial charge on any atom is 0.251 e. The minimum Gasteiger partial charge on any atom is -0.381 e. The van der Waals surface area contributed by atoms with Gasteiger partial charge in [0.15, 0.2) is 0 Å². The van der Waals surface area contributed by atoms with E-state index in [2.05, 4.69) is 16.0 Å². The second-order valence-electron chi connectivity index (χ2n) is 6.08. The summed E-state index contributed by atoms with van der Waals surface area (Å²) in [7, 11) is 0. The van der Waals surface area contributed by atoms with Gasteiger partial charge in [0.25, 0.3) is 5.91 Å². The Morgan fingerprint density at radius 1 is 1.08 bits per heavy atom. The highest BCUT2D eigenvalue weighted by Gasteiger charge is 2.22. The SMILES string of the molecule is Cl.O=C(NC1CCOCC1)c1ccc(NC(=O)C2CCCN2)cc1. The van der Waals surface area contributed by atoms with Crippen LogP contribution in [0.4, 0.5) is 5.69 Å². The molecule has 132 valence electrons. The van der Waals surface area contributed by atoms with Crippen molar-refractivity contribution in [2.45, 2.75) is 37.8 Å². The molecule has 3 N–H and O–H groups in total. The van der Waals surface area contributed by atoms with Gasteiger partial charge in [-0.3, -0.25) is 9.59 Å². The van der Waals surface area contributed by atoms with Crippen LogP contribution in [-0.4, -0.2) is 43.7 Å². The molecular formula is C17H24ClN3O3. The van der Waals surface area contributed by atoms with Gasteiger partial charge in [0.1, 0.15) is 0 Å². The summed E-state index contributed by atoms with van der Waals surface area (Å²) in [5, 5.41) is 9.07. The molecule has 0 radical (unpaired) electrons. The standard InChI is InChI=1S/C17H23N3O3.ClH/c21-16(19-14-7-10-23-11-8-14)12-3-5-13(6-4-12)20-17(22)15-2-1-9-18-15;/h3-6,14-15,18H,1-2,7-11H2,(H,19,21)(H,20,22);1H. The van der Waals surface area contributed by atoms with Crippen LogP contribution >= 0.6 is 12.4 Å². The molecule has 7 heteroatoms. The van der Waals surface area contributed by atoms with Crippen molar-refractivity contribution in [1.82, 2.24) is 10.6 Å². The summed E-state index contributed by atoms with van der Waals surface area (Å²) >= 11 is 0. The minimum atomic E-state index is -0.105. The molecule has 2 fully saturated rings. The molecule has 1 aromatic carbocycles. The van der Waals surface area contributed by atoms with Crippen molar-refractivity contribution in [3.63, 3.8) is 0 Å². The van der Waals surface area contributed by atoms with Crippen LogP contribution in [0.2, 0.25) is 0 Å². The average molecular weight is 354 g/mol. The maximum atomic E-state index is 12.2. The van der Waals surface area contributed by atoms with E-state index in [0.29, 0.717) is 24.5 Å². The van der Waals surface area contributed by atoms with Crippen molar-refractivity contribution in [3.05, 3.63) is 29.8 Å². The van der Waals surface area contributed by atoms with Crippen LogP contribution in [-0.2, 0) is 9.53 Å². The van der Waals surface area contributed by atoms with Gasteiger partial charge in [-0.15, -0.1) is 12.4 Å². The molecule has 0 aliphatic carbocycles. The van der Waals surface area contributed by atoms with Crippen molar-refractivity contribution >= 4 is 29.9 Å². The van der Waals surface area contributed by atoms with Gasteiger partial charge in [-0.1, -0.05) is 0 Å². The van der Waals surface area contributed by atoms with Crippen LogP contribution in [0.25, 0.3) is 0 Å². The molecule has 2 amide bonds. The van der Waals surface area contributed by atoms with E-state index in [1.54, 1.807) is 24.3 Å². The number of nitrogens with one attached hydrogen (secondary N) is 3. The third kappa shape index (κ3) is 4.93. The second kappa shape index (κ2) is 9.01. The van der Waals surface area contributed by atoms with E-state index < -0.39 is 0 Å². The van der Waals surface area contributed by atoms with E-state index in [4.69, 9.17) is 4.74 Å². The normalized spacial score (nSPS) is 20.9. The third-order valence-corrected chi connectivity index (χ3v) is 4.35. The molecule has 0 bridgehead atoms. The summed E-state index contributed by atoms with van der Waals surface area (Å²) in [5.74, 6) is -0.0888. The zero-order valence-electron chi connectivity index (χ0n) is 13.5. The molecule has 3 rings (SSSR count). The van der Waals surface area contributed by atoms with Crippen LogP contribution < -0.4 is 16.0 Å². The highest BCUT2D eigenvalue weighted by Crippen LogP contribution is 2.13. The molecule has 0 spiro atoms. The molecule has 1 unspecified atom stereocenters. The number of ether oxygens (including phenoxy) is 1. The Labute approximate surface area is 148 Å². The molecule has 0 aromatic heterocycles. The highest BCUT2D eigenvalue weighted by molar-refractivity contribution is 5.97. The number of amides is 2. The topological polar surface area (TPSA) is 79.5 Å². The van der Waals surface area contributed by atoms with Crippen LogP contribution in [0, 0.1) is 0 Å². The lowest BCUT2D eigenvalue weighted by molar-refractivity contribution is -0.117. The Hall–Kier alpha value is -1.63. The van der Waals surface area contributed by atoms with E-state index in [9.17, 15) is 9.59 Å². The molecule has 2 aliphatic heterocycles. The van der Waals surface area contributed by atoms with Gasteiger partial charge in [0, 0.05) is 30.5 Å². The number of rotatable bonds is 4. The maximum absolute atomic E-state index is 12.2. The minimum absolute atomic E-state index is 0. The number of carbonyl (C=O) groups excluding carboxylic acids is 2. The largest absolute Gasteiger partial charge is 0.381 e. The Kier molecular flexibility index (Phi) is 7.02. The van der Waals surface area contributed by atoms with E-state index in [1.807, 2.05) is 0 Å². The molecular weight excluding hydrogens is 330 g/mol. The fourth-order valence-corrected chi connectivity index (χ4v) is 2.95. The summed E-state index contributed by atoms with van der Waals surface area (Å²) in [4.78, 5) is 24.2. The smallest absolute Gasteiger partial charge is 0.251 e. The first-order chi connectivity index (χ1) is 11.2. The van der Waals surface area contributed by atoms with Gasteiger partial charge in [-0.2, -0.15) is 0 Å². The fraction of sp³-hybridized carbons (Fsp3) is 0.529. The Morgan fingerprint density at radius 3 is 2.42 bits per heavy atom. The number of benzene rings is 1. The van der Waals surface area contributed by atoms with Gasteiger partial charge in [0.05, 0.1) is 6.04 Å². The number of halogens is 1. The third-order valence-electron chi connectivity index (χ3n) is 4.35. The molecule has 6 nitrogen and oxygen atoms in total. The predicted molar refractivity (Wildman–Crippen MR) is 94.7 cm³/mol. The van der Waals surface area contributed by atoms with E-state index in [1.165, 1.54) is 0 Å². The zero-order chi connectivity index (χ0) is 16.1. The lowest BCUT2D eigenvalue weighted by atomic mass is 10.1. The van der Waals surface area contributed by atoms with Crippen molar-refractivity contribution in [2.24, 2.45) is 0 Å². The average Bonchev–Trinajstić information content (AvgIpc) is 3.11. The summed E-state index contributed by atoms with van der Waals surface area (Å²) < 4.78 is 5.29. The van der Waals surface area contributed by atoms with Gasteiger partial charge in [0.2, 0.25) is 5.91 Å². The van der Waals surface area contributed by atoms with Gasteiger partial charge in [-0.25, -0.2) is 0 Å². The van der Waals surface area contributed by atoms with Crippen molar-refractivity contribution < 1.29 is 14.3 Å². The first-order valence-corrected chi connectivity index (χ1v) is 8.25. The highest BCUT2D eigenvalue weighted by atomic mass is 35.5. The molecule has 1 atom stereocenters. The fourth-order valence-electron chi connectivity index (χ4n) is 2.95. The zero-order valence-corrected chi connectivity index (χ0v) is 14.4. The quantitative estimate of drug-likeness (QED) is 0.770. The van der Waals surface area contributed by atoms with Gasteiger partial charge >= 0.3 is 0 Å². The van der Waals surface area contributed by atoms with E-state index >= 15 is 0 Å². The summed E-state index contributed by atoms with van der Waals surface area (Å²) in [6.45, 7) is 2.29. The van der Waals surface area contributed by atoms with Gasteiger partial charge < -0.3 is 20.7 Å². The first kappa shape index (κ1) is 18.7. The van der Waals surface area contributed by atoms with Crippen molar-refractivity contribution in [1.29, 1.82) is 0 Å². The number of hydrogen-bond donors (Lipinski definition) is 3. The Bertz CT molecular complexity index is 553. The molecule has 0 saturated carbocycles. The van der Waals surface area contributed by atoms with Crippen LogP contribution in [0.15, 0.2) is 24.3 Å². The lowest BCUT2D eigenvalue weighted by Gasteiger charge is -2.23. The van der Waals surface area contributed by atoms with Crippen LogP contribution in [0.5, 0.6) is 0 Å². The van der Waals surface area contributed by atoms with Crippen molar-refractivity contribution in [3.8, 4) is 0 Å². The monoisotopic (exact) mass is 353 g/mol. The Morgan fingerprint density at radius 2 is 1.79 bits per heavy atom. The second-order valence-corrected chi connectivity index (χ2v) is 6.08. The summed E-state index contributed by atoms with van der Waals surface area (Å²) in [6, 6.07) is 7.10. The molecule has 2 saturated heterocycles. The van der Waals surface area contributed by atoms with E-state index in [0.717, 1.165) is 32.2 Å². The number of hydrogen-bond acceptors (Lipinski definition) is 4. The molecule has 1 aromatic rings. The van der Waals surface area contributed by atoms with Crippen LogP contribution in [0.3, 0.4) is 0 Å². The number of anilines is 1. The predicted octanol–water partition coefficient (Wildman–Crippen LogP) is 1.71. The Balaban J connectivity index is 0.00000208. The van der Waals surface area contributed by atoms with Crippen molar-refractivity contribution in [2.75, 3.05) is 25.1 Å². The van der Waals surface area contributed by atoms with E-state index in [-0.39, 0.29) is 36.3 Å². The molecule has 2 aliphatic rings. The van der Waals surface area contributed by atoms with Crippen LogP contribution in [0.1, 0.15) is 36.0 Å². The number of carbonyl (C=O) groups is 2. The first-order valence-electron chi connectivity index (χ1n) is 8.25. The molecule has 24 heavy (non-hydrogen) atoms. The van der Waals surface area contributed by atoms with Gasteiger partial charge in [-0.05, 0) is 56.5 Å². The lowest BCUT2D eigenvalue weighted by Crippen LogP contribution is -2.38.